The fourth-order valence-corrected chi connectivity index (χ4v) is 3.14. The Morgan fingerprint density at radius 2 is 2.11 bits per heavy atom. The Morgan fingerprint density at radius 3 is 2.61 bits per heavy atom. The van der Waals surface area contributed by atoms with Crippen LogP contribution in [0.3, 0.4) is 0 Å². The highest BCUT2D eigenvalue weighted by Crippen LogP contribution is 2.35. The van der Waals surface area contributed by atoms with Crippen molar-refractivity contribution in [3.63, 3.8) is 0 Å². The molecule has 0 spiro atoms. The molecule has 18 heavy (non-hydrogen) atoms. The standard InChI is InChI=1S/C12H21F2NO2S/c1-11(2,3)15-8-12(13,14)5-4-9(15)6-18-7-10(16)17/h9H,4-8H2,1-3H3,(H,16,17). The van der Waals surface area contributed by atoms with Crippen molar-refractivity contribution in [1.82, 2.24) is 4.90 Å². The fraction of sp³-hybridized carbons (Fsp3) is 0.917. The average molecular weight is 281 g/mol. The van der Waals surface area contributed by atoms with Crippen molar-refractivity contribution in [1.29, 1.82) is 0 Å². The normalized spacial score (nSPS) is 25.1. The van der Waals surface area contributed by atoms with Crippen LogP contribution in [-0.4, -0.2) is 51.5 Å². The van der Waals surface area contributed by atoms with Crippen LogP contribution in [0.5, 0.6) is 0 Å². The van der Waals surface area contributed by atoms with Crippen LogP contribution in [0.4, 0.5) is 8.78 Å². The zero-order valence-corrected chi connectivity index (χ0v) is 11.9. The maximum atomic E-state index is 13.5. The van der Waals surface area contributed by atoms with E-state index in [1.165, 1.54) is 11.8 Å². The van der Waals surface area contributed by atoms with Crippen molar-refractivity contribution in [2.45, 2.75) is 51.1 Å². The number of carboxylic acid groups (broad SMARTS) is 1. The Labute approximate surface area is 111 Å². The smallest absolute Gasteiger partial charge is 0.313 e. The van der Waals surface area contributed by atoms with Gasteiger partial charge in [0.25, 0.3) is 5.92 Å². The number of alkyl halides is 2. The highest BCUT2D eigenvalue weighted by Gasteiger charge is 2.43. The van der Waals surface area contributed by atoms with Crippen molar-refractivity contribution >= 4 is 17.7 Å². The van der Waals surface area contributed by atoms with E-state index < -0.39 is 11.9 Å². The van der Waals surface area contributed by atoms with E-state index in [2.05, 4.69) is 0 Å². The minimum Gasteiger partial charge on any atom is -0.481 e. The van der Waals surface area contributed by atoms with Gasteiger partial charge in [-0.05, 0) is 27.2 Å². The number of hydrogen-bond acceptors (Lipinski definition) is 3. The summed E-state index contributed by atoms with van der Waals surface area (Å²) >= 11 is 1.30. The van der Waals surface area contributed by atoms with E-state index in [-0.39, 0.29) is 30.3 Å². The Hall–Kier alpha value is -0.360. The molecule has 0 bridgehead atoms. The summed E-state index contributed by atoms with van der Waals surface area (Å²) in [5.41, 5.74) is -0.321. The lowest BCUT2D eigenvalue weighted by Crippen LogP contribution is -2.57. The molecule has 1 rings (SSSR count). The molecule has 0 amide bonds. The second-order valence-corrected chi connectivity index (χ2v) is 6.79. The number of halogens is 2. The van der Waals surface area contributed by atoms with Gasteiger partial charge < -0.3 is 5.11 Å². The van der Waals surface area contributed by atoms with Gasteiger partial charge in [-0.3, -0.25) is 9.69 Å². The number of carboxylic acids is 1. The molecule has 1 N–H and O–H groups in total. The van der Waals surface area contributed by atoms with Crippen molar-refractivity contribution in [2.24, 2.45) is 0 Å². The first kappa shape index (κ1) is 15.7. The summed E-state index contributed by atoms with van der Waals surface area (Å²) in [6.45, 7) is 5.53. The van der Waals surface area contributed by atoms with E-state index >= 15 is 0 Å². The van der Waals surface area contributed by atoms with Crippen LogP contribution in [0.1, 0.15) is 33.6 Å². The largest absolute Gasteiger partial charge is 0.481 e. The first-order valence-corrected chi connectivity index (χ1v) is 7.21. The van der Waals surface area contributed by atoms with Gasteiger partial charge in [0.05, 0.1) is 12.3 Å². The zero-order chi connectivity index (χ0) is 14.0. The third-order valence-corrected chi connectivity index (χ3v) is 4.15. The van der Waals surface area contributed by atoms with Crippen molar-refractivity contribution in [2.75, 3.05) is 18.1 Å². The number of carbonyl (C=O) groups is 1. The average Bonchev–Trinajstić information content (AvgIpc) is 2.17. The molecule has 1 unspecified atom stereocenters. The molecule has 1 atom stereocenters. The van der Waals surface area contributed by atoms with Crippen LogP contribution in [0.15, 0.2) is 0 Å². The lowest BCUT2D eigenvalue weighted by atomic mass is 9.93. The highest BCUT2D eigenvalue weighted by molar-refractivity contribution is 7.99. The lowest BCUT2D eigenvalue weighted by Gasteiger charge is -2.47. The molecular formula is C12H21F2NO2S. The Kier molecular flexibility index (Phi) is 5.00. The topological polar surface area (TPSA) is 40.5 Å². The predicted octanol–water partition coefficient (Wildman–Crippen LogP) is 2.70. The number of likely N-dealkylation sites (tertiary alicyclic amines) is 1. The Morgan fingerprint density at radius 1 is 1.50 bits per heavy atom. The van der Waals surface area contributed by atoms with Crippen LogP contribution in [-0.2, 0) is 4.79 Å². The summed E-state index contributed by atoms with van der Waals surface area (Å²) in [6.07, 6.45) is 0.328. The third-order valence-electron chi connectivity index (χ3n) is 3.08. The van der Waals surface area contributed by atoms with Gasteiger partial charge in [-0.15, -0.1) is 11.8 Å². The molecule has 0 aromatic rings. The van der Waals surface area contributed by atoms with Gasteiger partial charge >= 0.3 is 5.97 Å². The Bertz CT molecular complexity index is 305. The van der Waals surface area contributed by atoms with E-state index in [1.54, 1.807) is 0 Å². The zero-order valence-electron chi connectivity index (χ0n) is 11.1. The summed E-state index contributed by atoms with van der Waals surface area (Å²) in [5.74, 6) is -2.85. The van der Waals surface area contributed by atoms with Gasteiger partial charge in [-0.25, -0.2) is 8.78 Å². The number of hydrogen-bond donors (Lipinski definition) is 1. The second-order valence-electron chi connectivity index (χ2n) is 5.76. The SMILES string of the molecule is CC(C)(C)N1CC(F)(F)CCC1CSCC(=O)O. The van der Waals surface area contributed by atoms with E-state index in [9.17, 15) is 13.6 Å². The molecule has 0 radical (unpaired) electrons. The molecule has 106 valence electrons. The highest BCUT2D eigenvalue weighted by atomic mass is 32.2. The molecule has 1 fully saturated rings. The van der Waals surface area contributed by atoms with Crippen molar-refractivity contribution in [3.05, 3.63) is 0 Å². The second kappa shape index (κ2) is 5.74. The molecule has 6 heteroatoms. The molecule has 1 heterocycles. The van der Waals surface area contributed by atoms with Gasteiger partial charge in [0.15, 0.2) is 0 Å². The maximum absolute atomic E-state index is 13.5. The monoisotopic (exact) mass is 281 g/mol. The Balaban J connectivity index is 2.62. The van der Waals surface area contributed by atoms with Gasteiger partial charge in [-0.1, -0.05) is 0 Å². The summed E-state index contributed by atoms with van der Waals surface area (Å²) in [7, 11) is 0. The summed E-state index contributed by atoms with van der Waals surface area (Å²) in [4.78, 5) is 12.3. The van der Waals surface area contributed by atoms with Crippen LogP contribution in [0.25, 0.3) is 0 Å². The quantitative estimate of drug-likeness (QED) is 0.860. The summed E-state index contributed by atoms with van der Waals surface area (Å²) < 4.78 is 26.9. The van der Waals surface area contributed by atoms with Crippen LogP contribution < -0.4 is 0 Å². The van der Waals surface area contributed by atoms with Crippen molar-refractivity contribution in [3.8, 4) is 0 Å². The molecule has 1 aliphatic heterocycles. The van der Waals surface area contributed by atoms with Crippen molar-refractivity contribution < 1.29 is 18.7 Å². The lowest BCUT2D eigenvalue weighted by molar-refractivity contribution is -0.133. The van der Waals surface area contributed by atoms with Crippen LogP contribution in [0.2, 0.25) is 0 Å². The molecule has 0 aliphatic carbocycles. The molecule has 0 saturated carbocycles. The first-order chi connectivity index (χ1) is 8.12. The van der Waals surface area contributed by atoms with E-state index in [0.29, 0.717) is 12.2 Å². The van der Waals surface area contributed by atoms with Crippen LogP contribution >= 0.6 is 11.8 Å². The molecule has 1 aliphatic rings. The van der Waals surface area contributed by atoms with E-state index in [0.717, 1.165) is 0 Å². The molecule has 1 saturated heterocycles. The summed E-state index contributed by atoms with van der Waals surface area (Å²) in [6, 6.07) is 0.0361. The van der Waals surface area contributed by atoms with Gasteiger partial charge in [0, 0.05) is 23.8 Å². The predicted molar refractivity (Wildman–Crippen MR) is 69.4 cm³/mol. The minimum atomic E-state index is -2.62. The molecular weight excluding hydrogens is 260 g/mol. The van der Waals surface area contributed by atoms with E-state index in [4.69, 9.17) is 5.11 Å². The van der Waals surface area contributed by atoms with Gasteiger partial charge in [-0.2, -0.15) is 0 Å². The van der Waals surface area contributed by atoms with Crippen LogP contribution in [0, 0.1) is 0 Å². The van der Waals surface area contributed by atoms with Gasteiger partial charge in [0.1, 0.15) is 0 Å². The number of piperidine rings is 1. The number of nitrogens with zero attached hydrogens (tertiary/aromatic N) is 1. The molecule has 0 aromatic heterocycles. The number of thioether (sulfide) groups is 1. The minimum absolute atomic E-state index is 0.0326. The van der Waals surface area contributed by atoms with E-state index in [1.807, 2.05) is 25.7 Å². The van der Waals surface area contributed by atoms with Gasteiger partial charge in [0.2, 0.25) is 0 Å². The maximum Gasteiger partial charge on any atom is 0.313 e. The number of rotatable bonds is 4. The molecule has 0 aromatic carbocycles. The fourth-order valence-electron chi connectivity index (χ4n) is 2.23. The number of aliphatic carboxylic acids is 1. The molecule has 3 nitrogen and oxygen atoms in total. The first-order valence-electron chi connectivity index (χ1n) is 6.06. The summed E-state index contributed by atoms with van der Waals surface area (Å²) in [5, 5.41) is 8.60. The third kappa shape index (κ3) is 4.72.